The third kappa shape index (κ3) is 5.42. The molecule has 2 rings (SSSR count). The van der Waals surface area contributed by atoms with Gasteiger partial charge in [0, 0.05) is 5.69 Å². The van der Waals surface area contributed by atoms with Gasteiger partial charge in [-0.05, 0) is 41.3 Å². The van der Waals surface area contributed by atoms with Crippen molar-refractivity contribution in [3.63, 3.8) is 0 Å². The van der Waals surface area contributed by atoms with Crippen LogP contribution in [0.5, 0.6) is 5.75 Å². The van der Waals surface area contributed by atoms with E-state index in [0.717, 1.165) is 17.0 Å². The van der Waals surface area contributed by atoms with Gasteiger partial charge in [-0.15, -0.1) is 0 Å². The molecule has 1 N–H and O–H groups in total. The molecule has 0 aliphatic carbocycles. The second kappa shape index (κ2) is 8.34. The number of hydrogen-bond acceptors (Lipinski definition) is 3. The number of ether oxygens (including phenoxy) is 2. The zero-order chi connectivity index (χ0) is 16.7. The topological polar surface area (TPSA) is 47.6 Å². The van der Waals surface area contributed by atoms with E-state index in [2.05, 4.69) is 19.2 Å². The number of nitrogens with one attached hydrogen (secondary N) is 1. The van der Waals surface area contributed by atoms with E-state index in [4.69, 9.17) is 9.47 Å². The van der Waals surface area contributed by atoms with E-state index in [1.165, 1.54) is 5.56 Å². The van der Waals surface area contributed by atoms with E-state index >= 15 is 0 Å². The van der Waals surface area contributed by atoms with Crippen LogP contribution in [0, 0.1) is 0 Å². The molecule has 0 unspecified atom stereocenters. The van der Waals surface area contributed by atoms with Crippen LogP contribution in [0.1, 0.15) is 30.9 Å². The van der Waals surface area contributed by atoms with Crippen molar-refractivity contribution in [2.45, 2.75) is 26.4 Å². The van der Waals surface area contributed by atoms with E-state index in [-0.39, 0.29) is 12.5 Å². The second-order valence-electron chi connectivity index (χ2n) is 5.67. The van der Waals surface area contributed by atoms with Crippen molar-refractivity contribution in [2.75, 3.05) is 19.0 Å². The van der Waals surface area contributed by atoms with E-state index in [9.17, 15) is 4.79 Å². The highest BCUT2D eigenvalue weighted by Crippen LogP contribution is 2.17. The molecular formula is C19H23NO3. The molecule has 0 aliphatic rings. The molecule has 0 radical (unpaired) electrons. The number of carbonyl (C=O) groups excluding carboxylic acids is 1. The summed E-state index contributed by atoms with van der Waals surface area (Å²) in [4.78, 5) is 11.9. The standard InChI is InChI=1S/C19H23NO3/c1-14(2)16-6-8-17(9-7-16)20-19(21)13-23-12-15-4-10-18(22-3)11-5-15/h4-11,14H,12-13H2,1-3H3,(H,20,21). The Morgan fingerprint density at radius 2 is 1.70 bits per heavy atom. The van der Waals surface area contributed by atoms with Crippen LogP contribution in [-0.4, -0.2) is 19.6 Å². The van der Waals surface area contributed by atoms with Crippen LogP contribution in [0.3, 0.4) is 0 Å². The Hall–Kier alpha value is -2.33. The van der Waals surface area contributed by atoms with Crippen molar-refractivity contribution >= 4 is 11.6 Å². The third-order valence-corrected chi connectivity index (χ3v) is 3.52. The molecule has 23 heavy (non-hydrogen) atoms. The Labute approximate surface area is 137 Å². The Bertz CT molecular complexity index is 618. The number of anilines is 1. The number of carbonyl (C=O) groups is 1. The lowest BCUT2D eigenvalue weighted by atomic mass is 10.0. The van der Waals surface area contributed by atoms with Gasteiger partial charge in [0.05, 0.1) is 13.7 Å². The Morgan fingerprint density at radius 3 is 2.26 bits per heavy atom. The van der Waals surface area contributed by atoms with Crippen molar-refractivity contribution < 1.29 is 14.3 Å². The molecule has 0 heterocycles. The van der Waals surface area contributed by atoms with Gasteiger partial charge in [-0.2, -0.15) is 0 Å². The van der Waals surface area contributed by atoms with Gasteiger partial charge in [0.1, 0.15) is 12.4 Å². The summed E-state index contributed by atoms with van der Waals surface area (Å²) in [5, 5.41) is 2.83. The maximum absolute atomic E-state index is 11.9. The van der Waals surface area contributed by atoms with Gasteiger partial charge in [0.2, 0.25) is 5.91 Å². The smallest absolute Gasteiger partial charge is 0.250 e. The Balaban J connectivity index is 1.76. The van der Waals surface area contributed by atoms with Crippen LogP contribution in [0.2, 0.25) is 0 Å². The van der Waals surface area contributed by atoms with E-state index < -0.39 is 0 Å². The van der Waals surface area contributed by atoms with E-state index in [0.29, 0.717) is 12.5 Å². The van der Waals surface area contributed by atoms with E-state index in [1.54, 1.807) is 7.11 Å². The maximum atomic E-state index is 11.9. The number of hydrogen-bond donors (Lipinski definition) is 1. The van der Waals surface area contributed by atoms with Crippen LogP contribution in [0.15, 0.2) is 48.5 Å². The van der Waals surface area contributed by atoms with Crippen LogP contribution in [0.4, 0.5) is 5.69 Å². The van der Waals surface area contributed by atoms with Gasteiger partial charge < -0.3 is 14.8 Å². The number of benzene rings is 2. The zero-order valence-electron chi connectivity index (χ0n) is 13.8. The van der Waals surface area contributed by atoms with Crippen molar-refractivity contribution in [1.29, 1.82) is 0 Å². The van der Waals surface area contributed by atoms with Gasteiger partial charge in [-0.3, -0.25) is 4.79 Å². The first-order valence-corrected chi connectivity index (χ1v) is 7.69. The van der Waals surface area contributed by atoms with Crippen LogP contribution >= 0.6 is 0 Å². The first kappa shape index (κ1) is 17.0. The summed E-state index contributed by atoms with van der Waals surface area (Å²) in [5.74, 6) is 1.12. The van der Waals surface area contributed by atoms with Gasteiger partial charge in [-0.1, -0.05) is 38.1 Å². The lowest BCUT2D eigenvalue weighted by molar-refractivity contribution is -0.121. The predicted octanol–water partition coefficient (Wildman–Crippen LogP) is 3.97. The molecule has 4 nitrogen and oxygen atoms in total. The van der Waals surface area contributed by atoms with Crippen molar-refractivity contribution in [3.05, 3.63) is 59.7 Å². The SMILES string of the molecule is COc1ccc(COCC(=O)Nc2ccc(C(C)C)cc2)cc1. The molecule has 0 aliphatic heterocycles. The van der Waals surface area contributed by atoms with Gasteiger partial charge in [-0.25, -0.2) is 0 Å². The lowest BCUT2D eigenvalue weighted by Gasteiger charge is -2.09. The average Bonchev–Trinajstić information content (AvgIpc) is 2.56. The quantitative estimate of drug-likeness (QED) is 0.841. The highest BCUT2D eigenvalue weighted by atomic mass is 16.5. The fourth-order valence-corrected chi connectivity index (χ4v) is 2.13. The third-order valence-electron chi connectivity index (χ3n) is 3.52. The molecule has 122 valence electrons. The minimum atomic E-state index is -0.157. The van der Waals surface area contributed by atoms with Crippen LogP contribution in [-0.2, 0) is 16.1 Å². The Morgan fingerprint density at radius 1 is 1.04 bits per heavy atom. The van der Waals surface area contributed by atoms with Crippen LogP contribution in [0.25, 0.3) is 0 Å². The molecule has 2 aromatic carbocycles. The number of amides is 1. The summed E-state index contributed by atoms with van der Waals surface area (Å²) in [6.07, 6.45) is 0. The lowest BCUT2D eigenvalue weighted by Crippen LogP contribution is -2.18. The molecule has 0 spiro atoms. The molecule has 0 saturated heterocycles. The van der Waals surface area contributed by atoms with E-state index in [1.807, 2.05) is 48.5 Å². The zero-order valence-corrected chi connectivity index (χ0v) is 13.8. The molecule has 2 aromatic rings. The average molecular weight is 313 g/mol. The molecular weight excluding hydrogens is 290 g/mol. The van der Waals surface area contributed by atoms with Gasteiger partial charge >= 0.3 is 0 Å². The highest BCUT2D eigenvalue weighted by Gasteiger charge is 2.04. The molecule has 0 fully saturated rings. The minimum absolute atomic E-state index is 0.0258. The number of rotatable bonds is 7. The highest BCUT2D eigenvalue weighted by molar-refractivity contribution is 5.91. The van der Waals surface area contributed by atoms with Gasteiger partial charge in [0.25, 0.3) is 0 Å². The summed E-state index contributed by atoms with van der Waals surface area (Å²) >= 11 is 0. The van der Waals surface area contributed by atoms with Gasteiger partial charge in [0.15, 0.2) is 0 Å². The summed E-state index contributed by atoms with van der Waals surface area (Å²) in [5.41, 5.74) is 3.03. The predicted molar refractivity (Wildman–Crippen MR) is 91.8 cm³/mol. The summed E-state index contributed by atoms with van der Waals surface area (Å²) < 4.78 is 10.5. The van der Waals surface area contributed by atoms with Crippen LogP contribution < -0.4 is 10.1 Å². The van der Waals surface area contributed by atoms with Crippen molar-refractivity contribution in [3.8, 4) is 5.75 Å². The first-order valence-electron chi connectivity index (χ1n) is 7.69. The monoisotopic (exact) mass is 313 g/mol. The number of methoxy groups -OCH3 is 1. The maximum Gasteiger partial charge on any atom is 0.250 e. The van der Waals surface area contributed by atoms with Crippen molar-refractivity contribution in [1.82, 2.24) is 0 Å². The fourth-order valence-electron chi connectivity index (χ4n) is 2.13. The molecule has 0 bridgehead atoms. The molecule has 0 atom stereocenters. The normalized spacial score (nSPS) is 10.6. The summed E-state index contributed by atoms with van der Waals surface area (Å²) in [6.45, 7) is 4.70. The molecule has 0 saturated carbocycles. The van der Waals surface area contributed by atoms with Crippen molar-refractivity contribution in [2.24, 2.45) is 0 Å². The Kier molecular flexibility index (Phi) is 6.18. The largest absolute Gasteiger partial charge is 0.497 e. The second-order valence-corrected chi connectivity index (χ2v) is 5.67. The molecule has 1 amide bonds. The summed E-state index contributed by atoms with van der Waals surface area (Å²) in [6, 6.07) is 15.5. The fraction of sp³-hybridized carbons (Fsp3) is 0.316. The molecule has 0 aromatic heterocycles. The molecule has 4 heteroatoms. The minimum Gasteiger partial charge on any atom is -0.497 e. The first-order chi connectivity index (χ1) is 11.1. The summed E-state index contributed by atoms with van der Waals surface area (Å²) in [7, 11) is 1.63.